The average molecular weight is 208 g/mol. The van der Waals surface area contributed by atoms with Crippen LogP contribution in [0, 0.1) is 0 Å². The summed E-state index contributed by atoms with van der Waals surface area (Å²) in [6.07, 6.45) is 8.57. The summed E-state index contributed by atoms with van der Waals surface area (Å²) in [5, 5.41) is 2.70. The molecule has 0 N–H and O–H groups in total. The first kappa shape index (κ1) is 9.65. The molecule has 0 amide bonds. The lowest BCUT2D eigenvalue weighted by Crippen LogP contribution is -1.98. The SMILES string of the molecule is C1=C[C@@H](c2ccc3ccccc3c2)CCC1. The average Bonchev–Trinajstić information content (AvgIpc) is 2.39. The van der Waals surface area contributed by atoms with Crippen LogP contribution in [0.4, 0.5) is 0 Å². The summed E-state index contributed by atoms with van der Waals surface area (Å²) in [7, 11) is 0. The van der Waals surface area contributed by atoms with Gasteiger partial charge in [-0.05, 0) is 35.6 Å². The van der Waals surface area contributed by atoms with E-state index in [1.807, 2.05) is 0 Å². The zero-order chi connectivity index (χ0) is 10.8. The van der Waals surface area contributed by atoms with Gasteiger partial charge in [-0.15, -0.1) is 0 Å². The fourth-order valence-corrected chi connectivity index (χ4v) is 2.53. The summed E-state index contributed by atoms with van der Waals surface area (Å²) in [5.41, 5.74) is 1.47. The van der Waals surface area contributed by atoms with Gasteiger partial charge in [0.2, 0.25) is 0 Å². The first-order valence-corrected chi connectivity index (χ1v) is 6.09. The highest BCUT2D eigenvalue weighted by Crippen LogP contribution is 2.29. The van der Waals surface area contributed by atoms with Crippen LogP contribution in [0.15, 0.2) is 54.6 Å². The summed E-state index contributed by atoms with van der Waals surface area (Å²) in [6.45, 7) is 0. The van der Waals surface area contributed by atoms with Gasteiger partial charge >= 0.3 is 0 Å². The molecular weight excluding hydrogens is 192 g/mol. The highest BCUT2D eigenvalue weighted by Gasteiger charge is 2.10. The molecule has 0 saturated heterocycles. The molecule has 0 unspecified atom stereocenters. The Labute approximate surface area is 96.6 Å². The molecule has 2 aromatic rings. The van der Waals surface area contributed by atoms with E-state index in [4.69, 9.17) is 0 Å². The van der Waals surface area contributed by atoms with Crippen LogP contribution in [0.5, 0.6) is 0 Å². The van der Waals surface area contributed by atoms with E-state index in [0.29, 0.717) is 5.92 Å². The minimum absolute atomic E-state index is 0.637. The molecule has 1 aliphatic carbocycles. The molecule has 0 nitrogen and oxygen atoms in total. The number of benzene rings is 2. The largest absolute Gasteiger partial charge is 0.0879 e. The number of hydrogen-bond acceptors (Lipinski definition) is 0. The molecule has 0 spiro atoms. The topological polar surface area (TPSA) is 0 Å². The van der Waals surface area contributed by atoms with Gasteiger partial charge in [0.25, 0.3) is 0 Å². The predicted octanol–water partition coefficient (Wildman–Crippen LogP) is 4.66. The van der Waals surface area contributed by atoms with Crippen molar-refractivity contribution in [3.05, 3.63) is 60.2 Å². The van der Waals surface area contributed by atoms with Crippen molar-refractivity contribution < 1.29 is 0 Å². The van der Waals surface area contributed by atoms with Crippen LogP contribution >= 0.6 is 0 Å². The molecule has 0 fully saturated rings. The van der Waals surface area contributed by atoms with Gasteiger partial charge < -0.3 is 0 Å². The molecule has 1 aliphatic rings. The van der Waals surface area contributed by atoms with E-state index in [1.165, 1.54) is 35.6 Å². The van der Waals surface area contributed by atoms with E-state index >= 15 is 0 Å². The van der Waals surface area contributed by atoms with Crippen LogP contribution in [0.25, 0.3) is 10.8 Å². The first-order chi connectivity index (χ1) is 7.93. The normalized spacial score (nSPS) is 20.1. The van der Waals surface area contributed by atoms with E-state index < -0.39 is 0 Å². The molecule has 0 aromatic heterocycles. The van der Waals surface area contributed by atoms with Gasteiger partial charge in [0.05, 0.1) is 0 Å². The van der Waals surface area contributed by atoms with E-state index in [-0.39, 0.29) is 0 Å². The molecule has 2 aromatic carbocycles. The quantitative estimate of drug-likeness (QED) is 0.598. The number of allylic oxidation sites excluding steroid dienone is 2. The number of rotatable bonds is 1. The van der Waals surface area contributed by atoms with Gasteiger partial charge in [0.1, 0.15) is 0 Å². The van der Waals surface area contributed by atoms with Crippen LogP contribution < -0.4 is 0 Å². The Morgan fingerprint density at radius 2 is 1.81 bits per heavy atom. The van der Waals surface area contributed by atoms with Crippen molar-refractivity contribution in [1.29, 1.82) is 0 Å². The van der Waals surface area contributed by atoms with E-state index in [1.54, 1.807) is 0 Å². The van der Waals surface area contributed by atoms with Crippen molar-refractivity contribution in [2.75, 3.05) is 0 Å². The lowest BCUT2D eigenvalue weighted by atomic mass is 9.88. The van der Waals surface area contributed by atoms with E-state index in [9.17, 15) is 0 Å². The monoisotopic (exact) mass is 208 g/mol. The highest BCUT2D eigenvalue weighted by atomic mass is 14.2. The molecule has 0 saturated carbocycles. The Hall–Kier alpha value is -1.56. The lowest BCUT2D eigenvalue weighted by Gasteiger charge is -2.17. The minimum Gasteiger partial charge on any atom is -0.0879 e. The fraction of sp³-hybridized carbons (Fsp3) is 0.250. The summed E-state index contributed by atoms with van der Waals surface area (Å²) < 4.78 is 0. The summed E-state index contributed by atoms with van der Waals surface area (Å²) in [5.74, 6) is 0.637. The molecule has 0 heterocycles. The summed E-state index contributed by atoms with van der Waals surface area (Å²) in [6, 6.07) is 15.5. The minimum atomic E-state index is 0.637. The highest BCUT2D eigenvalue weighted by molar-refractivity contribution is 5.83. The van der Waals surface area contributed by atoms with Gasteiger partial charge in [-0.25, -0.2) is 0 Å². The molecule has 1 atom stereocenters. The van der Waals surface area contributed by atoms with Crippen LogP contribution in [-0.4, -0.2) is 0 Å². The Bertz CT molecular complexity index is 522. The van der Waals surface area contributed by atoms with Crippen LogP contribution in [0.2, 0.25) is 0 Å². The van der Waals surface area contributed by atoms with Crippen molar-refractivity contribution >= 4 is 10.8 Å². The second-order valence-electron chi connectivity index (χ2n) is 4.57. The van der Waals surface area contributed by atoms with Crippen LogP contribution in [0.3, 0.4) is 0 Å². The Morgan fingerprint density at radius 3 is 2.62 bits per heavy atom. The molecule has 0 radical (unpaired) electrons. The van der Waals surface area contributed by atoms with Gasteiger partial charge in [-0.2, -0.15) is 0 Å². The smallest absolute Gasteiger partial charge is 0.00183 e. The molecule has 0 heteroatoms. The molecular formula is C16H16. The standard InChI is InChI=1S/C16H16/c1-2-6-13(7-3-1)16-11-10-14-8-4-5-9-15(14)12-16/h2,4-6,8-13H,1,3,7H2/t13-/m1/s1. The summed E-state index contributed by atoms with van der Waals surface area (Å²) in [4.78, 5) is 0. The molecule has 0 bridgehead atoms. The maximum Gasteiger partial charge on any atom is 0.00183 e. The van der Waals surface area contributed by atoms with Gasteiger partial charge in [0.15, 0.2) is 0 Å². The van der Waals surface area contributed by atoms with Crippen molar-refractivity contribution in [2.24, 2.45) is 0 Å². The maximum atomic E-state index is 2.37. The fourth-order valence-electron chi connectivity index (χ4n) is 2.53. The Balaban J connectivity index is 2.04. The van der Waals surface area contributed by atoms with Crippen molar-refractivity contribution in [2.45, 2.75) is 25.2 Å². The molecule has 80 valence electrons. The molecule has 3 rings (SSSR count). The third-order valence-electron chi connectivity index (χ3n) is 3.46. The zero-order valence-electron chi connectivity index (χ0n) is 9.39. The zero-order valence-corrected chi connectivity index (χ0v) is 9.39. The van der Waals surface area contributed by atoms with E-state index in [2.05, 4.69) is 54.6 Å². The summed E-state index contributed by atoms with van der Waals surface area (Å²) >= 11 is 0. The Morgan fingerprint density at radius 1 is 0.938 bits per heavy atom. The second-order valence-corrected chi connectivity index (χ2v) is 4.57. The third-order valence-corrected chi connectivity index (χ3v) is 3.46. The maximum absolute atomic E-state index is 2.37. The van der Waals surface area contributed by atoms with Gasteiger partial charge in [0, 0.05) is 5.92 Å². The first-order valence-electron chi connectivity index (χ1n) is 6.09. The predicted molar refractivity (Wildman–Crippen MR) is 69.7 cm³/mol. The molecule has 0 aliphatic heterocycles. The number of fused-ring (bicyclic) bond motifs is 1. The van der Waals surface area contributed by atoms with E-state index in [0.717, 1.165) is 0 Å². The van der Waals surface area contributed by atoms with Crippen molar-refractivity contribution in [3.63, 3.8) is 0 Å². The Kier molecular flexibility index (Phi) is 2.49. The van der Waals surface area contributed by atoms with Gasteiger partial charge in [-0.3, -0.25) is 0 Å². The third kappa shape index (κ3) is 1.76. The van der Waals surface area contributed by atoms with Gasteiger partial charge in [-0.1, -0.05) is 54.6 Å². The van der Waals surface area contributed by atoms with Crippen LogP contribution in [-0.2, 0) is 0 Å². The number of hydrogen-bond donors (Lipinski definition) is 0. The van der Waals surface area contributed by atoms with Crippen molar-refractivity contribution in [3.8, 4) is 0 Å². The molecule has 16 heavy (non-hydrogen) atoms. The van der Waals surface area contributed by atoms with Crippen molar-refractivity contribution in [1.82, 2.24) is 0 Å². The second kappa shape index (κ2) is 4.13. The lowest BCUT2D eigenvalue weighted by molar-refractivity contribution is 0.655. The van der Waals surface area contributed by atoms with Crippen LogP contribution in [0.1, 0.15) is 30.7 Å².